The quantitative estimate of drug-likeness (QED) is 0.510. The van der Waals surface area contributed by atoms with Gasteiger partial charge >= 0.3 is 5.97 Å². The molecule has 3 nitrogen and oxygen atoms in total. The zero-order valence-electron chi connectivity index (χ0n) is 5.72. The van der Waals surface area contributed by atoms with E-state index >= 15 is 0 Å². The standard InChI is InChI=1S/C6H9BrO3/c1-2-5(8)4-10-6(9)3-7/h2-4H2,1H3. The summed E-state index contributed by atoms with van der Waals surface area (Å²) >= 11 is 2.90. The fourth-order valence-electron chi connectivity index (χ4n) is 0.302. The summed E-state index contributed by atoms with van der Waals surface area (Å²) in [4.78, 5) is 21.0. The van der Waals surface area contributed by atoms with Gasteiger partial charge in [0.05, 0.1) is 0 Å². The van der Waals surface area contributed by atoms with Gasteiger partial charge in [0.1, 0.15) is 11.9 Å². The van der Waals surface area contributed by atoms with Crippen LogP contribution in [-0.2, 0) is 14.3 Å². The van der Waals surface area contributed by atoms with Crippen molar-refractivity contribution in [3.8, 4) is 0 Å². The number of ketones is 1. The maximum atomic E-state index is 10.5. The van der Waals surface area contributed by atoms with Crippen molar-refractivity contribution in [3.05, 3.63) is 0 Å². The van der Waals surface area contributed by atoms with E-state index < -0.39 is 5.97 Å². The van der Waals surface area contributed by atoms with Crippen LogP contribution in [0.3, 0.4) is 0 Å². The highest BCUT2D eigenvalue weighted by Crippen LogP contribution is 1.87. The molecular formula is C6H9BrO3. The Kier molecular flexibility index (Phi) is 5.20. The van der Waals surface area contributed by atoms with E-state index in [1.54, 1.807) is 6.92 Å². The lowest BCUT2D eigenvalue weighted by atomic mass is 10.3. The average molecular weight is 209 g/mol. The Balaban J connectivity index is 3.35. The molecule has 0 bridgehead atoms. The number of esters is 1. The number of ether oxygens (including phenoxy) is 1. The summed E-state index contributed by atoms with van der Waals surface area (Å²) in [6.45, 7) is 1.63. The molecule has 0 aliphatic heterocycles. The van der Waals surface area contributed by atoms with Crippen molar-refractivity contribution >= 4 is 27.7 Å². The number of hydrogen-bond acceptors (Lipinski definition) is 3. The second-order valence-corrected chi connectivity index (χ2v) is 2.25. The normalized spacial score (nSPS) is 9.00. The van der Waals surface area contributed by atoms with Crippen molar-refractivity contribution in [1.82, 2.24) is 0 Å². The summed E-state index contributed by atoms with van der Waals surface area (Å²) in [5, 5.41) is 0.143. The van der Waals surface area contributed by atoms with Gasteiger partial charge in [0.25, 0.3) is 0 Å². The van der Waals surface area contributed by atoms with Gasteiger partial charge in [0.15, 0.2) is 5.78 Å². The van der Waals surface area contributed by atoms with E-state index in [2.05, 4.69) is 20.7 Å². The Morgan fingerprint density at radius 3 is 2.50 bits per heavy atom. The van der Waals surface area contributed by atoms with E-state index in [0.29, 0.717) is 6.42 Å². The molecule has 0 aromatic carbocycles. The lowest BCUT2D eigenvalue weighted by Crippen LogP contribution is -2.13. The first-order valence-corrected chi connectivity index (χ1v) is 4.06. The Morgan fingerprint density at radius 1 is 1.50 bits per heavy atom. The van der Waals surface area contributed by atoms with Gasteiger partial charge < -0.3 is 4.74 Å². The third-order valence-corrected chi connectivity index (χ3v) is 1.36. The van der Waals surface area contributed by atoms with Gasteiger partial charge in [0, 0.05) is 6.42 Å². The van der Waals surface area contributed by atoms with Crippen LogP contribution in [0.2, 0.25) is 0 Å². The molecule has 0 unspecified atom stereocenters. The third-order valence-electron chi connectivity index (χ3n) is 0.898. The highest BCUT2D eigenvalue weighted by atomic mass is 79.9. The van der Waals surface area contributed by atoms with Crippen molar-refractivity contribution in [3.63, 3.8) is 0 Å². The molecule has 4 heteroatoms. The fraction of sp³-hybridized carbons (Fsp3) is 0.667. The van der Waals surface area contributed by atoms with Gasteiger partial charge in [-0.05, 0) is 0 Å². The van der Waals surface area contributed by atoms with Crippen LogP contribution in [0, 0.1) is 0 Å². The number of Topliss-reactive ketones (excluding diaryl/α,β-unsaturated/α-hetero) is 1. The molecule has 0 aromatic rings. The van der Waals surface area contributed by atoms with Crippen molar-refractivity contribution in [2.24, 2.45) is 0 Å². The van der Waals surface area contributed by atoms with Gasteiger partial charge in [-0.15, -0.1) is 0 Å². The van der Waals surface area contributed by atoms with Gasteiger partial charge in [-0.25, -0.2) is 0 Å². The zero-order valence-corrected chi connectivity index (χ0v) is 7.31. The first-order chi connectivity index (χ1) is 4.70. The maximum Gasteiger partial charge on any atom is 0.316 e. The molecule has 0 aliphatic rings. The molecule has 10 heavy (non-hydrogen) atoms. The lowest BCUT2D eigenvalue weighted by molar-refractivity contribution is -0.145. The monoisotopic (exact) mass is 208 g/mol. The van der Waals surface area contributed by atoms with Crippen LogP contribution < -0.4 is 0 Å². The smallest absolute Gasteiger partial charge is 0.316 e. The molecule has 0 radical (unpaired) electrons. The van der Waals surface area contributed by atoms with E-state index in [1.807, 2.05) is 0 Å². The molecule has 0 amide bonds. The summed E-state index contributed by atoms with van der Waals surface area (Å²) < 4.78 is 4.51. The molecule has 0 heterocycles. The second-order valence-electron chi connectivity index (χ2n) is 1.69. The van der Waals surface area contributed by atoms with Crippen LogP contribution in [0.1, 0.15) is 13.3 Å². The van der Waals surface area contributed by atoms with E-state index in [-0.39, 0.29) is 17.7 Å². The Bertz CT molecular complexity index is 117. The molecule has 0 aliphatic carbocycles. The molecular weight excluding hydrogens is 200 g/mol. The molecule has 0 spiro atoms. The number of rotatable bonds is 4. The largest absolute Gasteiger partial charge is 0.457 e. The summed E-state index contributed by atoms with van der Waals surface area (Å²) in [7, 11) is 0. The first-order valence-electron chi connectivity index (χ1n) is 2.94. The number of carbonyl (C=O) groups is 2. The summed E-state index contributed by atoms with van der Waals surface area (Å²) in [5.41, 5.74) is 0. The molecule has 0 fully saturated rings. The summed E-state index contributed by atoms with van der Waals surface area (Å²) in [5.74, 6) is -0.462. The van der Waals surface area contributed by atoms with Gasteiger partial charge in [-0.1, -0.05) is 22.9 Å². The molecule has 0 atom stereocenters. The van der Waals surface area contributed by atoms with Crippen LogP contribution >= 0.6 is 15.9 Å². The number of carbonyl (C=O) groups excluding carboxylic acids is 2. The SMILES string of the molecule is CCC(=O)COC(=O)CBr. The Hall–Kier alpha value is -0.380. The predicted octanol–water partition coefficient (Wildman–Crippen LogP) is 0.904. The number of alkyl halides is 1. The average Bonchev–Trinajstić information content (AvgIpc) is 1.99. The zero-order chi connectivity index (χ0) is 7.98. The molecule has 0 saturated carbocycles. The van der Waals surface area contributed by atoms with Crippen molar-refractivity contribution < 1.29 is 14.3 Å². The minimum absolute atomic E-state index is 0.0608. The molecule has 58 valence electrons. The van der Waals surface area contributed by atoms with Crippen LogP contribution in [0.4, 0.5) is 0 Å². The van der Waals surface area contributed by atoms with Crippen LogP contribution in [0.5, 0.6) is 0 Å². The minimum atomic E-state index is -0.401. The minimum Gasteiger partial charge on any atom is -0.457 e. The second kappa shape index (κ2) is 5.41. The third kappa shape index (κ3) is 4.49. The van der Waals surface area contributed by atoms with E-state index in [0.717, 1.165) is 0 Å². The number of hydrogen-bond donors (Lipinski definition) is 0. The van der Waals surface area contributed by atoms with Gasteiger partial charge in [0.2, 0.25) is 0 Å². The highest BCUT2D eigenvalue weighted by Gasteiger charge is 2.02. The van der Waals surface area contributed by atoms with E-state index in [1.165, 1.54) is 0 Å². The lowest BCUT2D eigenvalue weighted by Gasteiger charge is -1.98. The molecule has 0 N–H and O–H groups in total. The van der Waals surface area contributed by atoms with Crippen molar-refractivity contribution in [1.29, 1.82) is 0 Å². The molecule has 0 rings (SSSR count). The topological polar surface area (TPSA) is 43.4 Å². The van der Waals surface area contributed by atoms with Crippen LogP contribution in [0.25, 0.3) is 0 Å². The Labute approximate surface area is 67.9 Å². The van der Waals surface area contributed by atoms with Gasteiger partial charge in [-0.3, -0.25) is 9.59 Å². The van der Waals surface area contributed by atoms with Gasteiger partial charge in [-0.2, -0.15) is 0 Å². The highest BCUT2D eigenvalue weighted by molar-refractivity contribution is 9.09. The number of halogens is 1. The van der Waals surface area contributed by atoms with Crippen molar-refractivity contribution in [2.45, 2.75) is 13.3 Å². The molecule has 0 aromatic heterocycles. The van der Waals surface area contributed by atoms with Crippen LogP contribution in [0.15, 0.2) is 0 Å². The summed E-state index contributed by atoms with van der Waals surface area (Å²) in [6.07, 6.45) is 0.412. The fourth-order valence-corrected chi connectivity index (χ4v) is 0.463. The predicted molar refractivity (Wildman–Crippen MR) is 40.1 cm³/mol. The van der Waals surface area contributed by atoms with E-state index in [4.69, 9.17) is 0 Å². The van der Waals surface area contributed by atoms with Crippen molar-refractivity contribution in [2.75, 3.05) is 11.9 Å². The van der Waals surface area contributed by atoms with E-state index in [9.17, 15) is 9.59 Å². The summed E-state index contributed by atoms with van der Waals surface area (Å²) in [6, 6.07) is 0. The first kappa shape index (κ1) is 9.62. The maximum absolute atomic E-state index is 10.5. The molecule has 0 saturated heterocycles. The van der Waals surface area contributed by atoms with Crippen LogP contribution in [-0.4, -0.2) is 23.7 Å². The Morgan fingerprint density at radius 2 is 2.10 bits per heavy atom.